The summed E-state index contributed by atoms with van der Waals surface area (Å²) >= 11 is 0. The second-order valence-electron chi connectivity index (χ2n) is 8.32. The van der Waals surface area contributed by atoms with Crippen LogP contribution in [0, 0.1) is 0 Å². The maximum Gasteiger partial charge on any atom is 0.416 e. The van der Waals surface area contributed by atoms with Crippen LogP contribution in [0.5, 0.6) is 0 Å². The molecule has 0 spiro atoms. The molecule has 0 aromatic heterocycles. The van der Waals surface area contributed by atoms with Crippen molar-refractivity contribution in [2.75, 3.05) is 18.9 Å². The van der Waals surface area contributed by atoms with Crippen LogP contribution in [0.15, 0.2) is 64.8 Å². The maximum atomic E-state index is 13.2. The van der Waals surface area contributed by atoms with Crippen LogP contribution < -0.4 is 16.0 Å². The molecule has 2 aromatic rings. The van der Waals surface area contributed by atoms with Crippen LogP contribution in [0.1, 0.15) is 82.7 Å². The van der Waals surface area contributed by atoms with E-state index in [1.807, 2.05) is 38.1 Å². The fourth-order valence-corrected chi connectivity index (χ4v) is 4.14. The molecule has 2 aromatic carbocycles. The first-order chi connectivity index (χ1) is 16.8. The lowest BCUT2D eigenvalue weighted by Gasteiger charge is -2.31. The Morgan fingerprint density at radius 1 is 0.971 bits per heavy atom. The Kier molecular flexibility index (Phi) is 11.2. The van der Waals surface area contributed by atoms with Crippen molar-refractivity contribution >= 4 is 11.5 Å². The third-order valence-corrected chi connectivity index (χ3v) is 5.90. The first-order valence-corrected chi connectivity index (χ1v) is 12.5. The summed E-state index contributed by atoms with van der Waals surface area (Å²) in [6.07, 6.45) is 1.51. The third kappa shape index (κ3) is 7.77. The molecule has 35 heavy (non-hydrogen) atoms. The van der Waals surface area contributed by atoms with E-state index in [9.17, 15) is 13.2 Å². The first-order valence-electron chi connectivity index (χ1n) is 12.5. The molecule has 3 N–H and O–H groups in total. The molecule has 1 unspecified atom stereocenters. The predicted molar refractivity (Wildman–Crippen MR) is 141 cm³/mol. The van der Waals surface area contributed by atoms with Gasteiger partial charge in [-0.3, -0.25) is 4.99 Å². The number of allylic oxidation sites excluding steroid dienone is 2. The maximum absolute atomic E-state index is 13.2. The summed E-state index contributed by atoms with van der Waals surface area (Å²) in [6.45, 7) is 9.62. The zero-order valence-electron chi connectivity index (χ0n) is 21.5. The summed E-state index contributed by atoms with van der Waals surface area (Å²) in [4.78, 5) is 4.14. The van der Waals surface area contributed by atoms with E-state index in [1.165, 1.54) is 49.9 Å². The summed E-state index contributed by atoms with van der Waals surface area (Å²) in [7, 11) is 1.61. The number of amidine groups is 1. The minimum atomic E-state index is -4.40. The lowest BCUT2D eigenvalue weighted by atomic mass is 9.97. The van der Waals surface area contributed by atoms with E-state index < -0.39 is 17.9 Å². The molecule has 2 aliphatic rings. The third-order valence-electron chi connectivity index (χ3n) is 5.90. The molecule has 0 radical (unpaired) electrons. The summed E-state index contributed by atoms with van der Waals surface area (Å²) in [5, 5.41) is 9.63. The molecule has 0 saturated heterocycles. The number of nitrogens with one attached hydrogen (secondary N) is 3. The number of fused-ring (bicyclic) bond motifs is 1. The number of halogens is 3. The minimum Gasteiger partial charge on any atom is -0.388 e. The molecule has 1 heterocycles. The van der Waals surface area contributed by atoms with Crippen molar-refractivity contribution in [1.29, 1.82) is 0 Å². The number of hydrogen-bond donors (Lipinski definition) is 3. The molecule has 0 fully saturated rings. The van der Waals surface area contributed by atoms with Crippen LogP contribution in [0.25, 0.3) is 0 Å². The topological polar surface area (TPSA) is 48.5 Å². The van der Waals surface area contributed by atoms with Gasteiger partial charge in [0, 0.05) is 36.1 Å². The highest BCUT2D eigenvalue weighted by Gasteiger charge is 2.36. The SMILES string of the molecule is CC.CCCNC1=C(C)CCCC1.CN=C1NC(c2ccccc2C(F)(F)F)Nc2ccccc21. The van der Waals surface area contributed by atoms with Crippen LogP contribution >= 0.6 is 0 Å². The molecule has 0 saturated carbocycles. The number of benzene rings is 2. The van der Waals surface area contributed by atoms with Gasteiger partial charge < -0.3 is 16.0 Å². The smallest absolute Gasteiger partial charge is 0.388 e. The molecule has 7 heteroatoms. The Balaban J connectivity index is 0.000000280. The highest BCUT2D eigenvalue weighted by molar-refractivity contribution is 6.05. The Morgan fingerprint density at radius 3 is 2.29 bits per heavy atom. The lowest BCUT2D eigenvalue weighted by Crippen LogP contribution is -2.39. The quantitative estimate of drug-likeness (QED) is 0.414. The zero-order chi connectivity index (χ0) is 25.8. The van der Waals surface area contributed by atoms with E-state index in [2.05, 4.69) is 34.8 Å². The van der Waals surface area contributed by atoms with Gasteiger partial charge in [0.15, 0.2) is 0 Å². The number of anilines is 1. The van der Waals surface area contributed by atoms with Crippen molar-refractivity contribution in [3.63, 3.8) is 0 Å². The Hall–Kier alpha value is -2.96. The largest absolute Gasteiger partial charge is 0.416 e. The minimum absolute atomic E-state index is 0.144. The average molecular weight is 489 g/mol. The summed E-state index contributed by atoms with van der Waals surface area (Å²) in [6, 6.07) is 12.9. The number of hydrogen-bond acceptors (Lipinski definition) is 3. The van der Waals surface area contributed by atoms with Gasteiger partial charge in [-0.2, -0.15) is 13.2 Å². The van der Waals surface area contributed by atoms with Crippen molar-refractivity contribution in [3.05, 3.63) is 76.5 Å². The first kappa shape index (κ1) is 28.3. The Bertz CT molecular complexity index is 996. The standard InChI is InChI=1S/C16H14F3N3.C10H19N.C2H6/c1-20-14-11-7-3-5-9-13(11)21-15(22-14)10-6-2-4-8-12(10)16(17,18)19;1-3-8-11-10-7-5-4-6-9(10)2;1-2/h2-9,15,21H,1H3,(H,20,22);11H,3-8H2,1-2H3;1-2H3. The number of alkyl halides is 3. The van der Waals surface area contributed by atoms with Gasteiger partial charge in [0.05, 0.1) is 5.56 Å². The molecule has 1 aliphatic heterocycles. The van der Waals surface area contributed by atoms with Crippen LogP contribution in [-0.4, -0.2) is 19.4 Å². The van der Waals surface area contributed by atoms with Gasteiger partial charge in [-0.05, 0) is 57.2 Å². The number of rotatable bonds is 4. The van der Waals surface area contributed by atoms with E-state index in [4.69, 9.17) is 0 Å². The molecule has 0 bridgehead atoms. The zero-order valence-corrected chi connectivity index (χ0v) is 21.5. The molecule has 4 rings (SSSR count). The van der Waals surface area contributed by atoms with Gasteiger partial charge in [-0.15, -0.1) is 0 Å². The van der Waals surface area contributed by atoms with E-state index in [0.717, 1.165) is 23.9 Å². The second-order valence-corrected chi connectivity index (χ2v) is 8.32. The van der Waals surface area contributed by atoms with Crippen molar-refractivity contribution in [3.8, 4) is 0 Å². The van der Waals surface area contributed by atoms with Crippen LogP contribution in [0.4, 0.5) is 18.9 Å². The Morgan fingerprint density at radius 2 is 1.63 bits per heavy atom. The summed E-state index contributed by atoms with van der Waals surface area (Å²) < 4.78 is 39.6. The van der Waals surface area contributed by atoms with E-state index in [0.29, 0.717) is 5.84 Å². The van der Waals surface area contributed by atoms with Crippen molar-refractivity contribution in [2.45, 2.75) is 72.1 Å². The molecule has 1 aliphatic carbocycles. The molecular weight excluding hydrogens is 449 g/mol. The van der Waals surface area contributed by atoms with Gasteiger partial charge >= 0.3 is 6.18 Å². The normalized spacial score (nSPS) is 18.2. The van der Waals surface area contributed by atoms with E-state index >= 15 is 0 Å². The molecule has 192 valence electrons. The van der Waals surface area contributed by atoms with Crippen LogP contribution in [0.2, 0.25) is 0 Å². The average Bonchev–Trinajstić information content (AvgIpc) is 2.88. The summed E-state index contributed by atoms with van der Waals surface area (Å²) in [5.74, 6) is 0.566. The summed E-state index contributed by atoms with van der Waals surface area (Å²) in [5.41, 5.74) is 4.19. The molecule has 4 nitrogen and oxygen atoms in total. The van der Waals surface area contributed by atoms with Gasteiger partial charge in [0.1, 0.15) is 12.0 Å². The van der Waals surface area contributed by atoms with E-state index in [1.54, 1.807) is 18.7 Å². The highest BCUT2D eigenvalue weighted by atomic mass is 19.4. The number of aliphatic imine (C=N–C) groups is 1. The van der Waals surface area contributed by atoms with Gasteiger partial charge in [0.25, 0.3) is 0 Å². The van der Waals surface area contributed by atoms with Crippen molar-refractivity contribution < 1.29 is 13.2 Å². The van der Waals surface area contributed by atoms with Crippen molar-refractivity contribution in [1.82, 2.24) is 10.6 Å². The van der Waals surface area contributed by atoms with E-state index in [-0.39, 0.29) is 5.56 Å². The lowest BCUT2D eigenvalue weighted by molar-refractivity contribution is -0.138. The number of nitrogens with zero attached hydrogens (tertiary/aromatic N) is 1. The molecule has 1 atom stereocenters. The monoisotopic (exact) mass is 488 g/mol. The van der Waals surface area contributed by atoms with Gasteiger partial charge in [-0.25, -0.2) is 0 Å². The second kappa shape index (κ2) is 13.8. The predicted octanol–water partition coefficient (Wildman–Crippen LogP) is 7.66. The van der Waals surface area contributed by atoms with Gasteiger partial charge in [0.2, 0.25) is 0 Å². The Labute approximate surface area is 208 Å². The van der Waals surface area contributed by atoms with Crippen LogP contribution in [-0.2, 0) is 6.18 Å². The fraction of sp³-hybridized carbons (Fsp3) is 0.464. The number of para-hydroxylation sites is 1. The fourth-order valence-electron chi connectivity index (χ4n) is 4.14. The highest BCUT2D eigenvalue weighted by Crippen LogP contribution is 2.36. The van der Waals surface area contributed by atoms with Crippen molar-refractivity contribution in [2.24, 2.45) is 4.99 Å². The molecule has 0 amide bonds. The van der Waals surface area contributed by atoms with Gasteiger partial charge in [-0.1, -0.05) is 56.7 Å². The molecular formula is C28H39F3N4. The van der Waals surface area contributed by atoms with Crippen LogP contribution in [0.3, 0.4) is 0 Å².